The lowest BCUT2D eigenvalue weighted by molar-refractivity contribution is -0.124. The Bertz CT molecular complexity index is 783. The highest BCUT2D eigenvalue weighted by Gasteiger charge is 2.09. The predicted octanol–water partition coefficient (Wildman–Crippen LogP) is 2.11. The van der Waals surface area contributed by atoms with Crippen LogP contribution in [0.25, 0.3) is 0 Å². The largest absolute Gasteiger partial charge is 0.355 e. The minimum atomic E-state index is -0.285. The van der Waals surface area contributed by atoms with Crippen molar-refractivity contribution in [3.8, 4) is 0 Å². The number of amides is 3. The van der Waals surface area contributed by atoms with Crippen molar-refractivity contribution in [3.63, 3.8) is 0 Å². The molecule has 3 amide bonds. The summed E-state index contributed by atoms with van der Waals surface area (Å²) in [6.07, 6.45) is 0.401. The summed E-state index contributed by atoms with van der Waals surface area (Å²) >= 11 is 0. The van der Waals surface area contributed by atoms with Gasteiger partial charge in [0.15, 0.2) is 0 Å². The number of anilines is 1. The average molecular weight is 367 g/mol. The van der Waals surface area contributed by atoms with E-state index in [1.54, 1.807) is 0 Å². The summed E-state index contributed by atoms with van der Waals surface area (Å²) in [5.41, 5.74) is 3.62. The first kappa shape index (κ1) is 20.2. The van der Waals surface area contributed by atoms with E-state index in [1.165, 1.54) is 0 Å². The molecule has 0 heterocycles. The molecule has 0 aliphatic carbocycles. The molecule has 3 N–H and O–H groups in total. The zero-order valence-electron chi connectivity index (χ0n) is 15.7. The van der Waals surface area contributed by atoms with Crippen LogP contribution in [-0.4, -0.2) is 30.8 Å². The van der Waals surface area contributed by atoms with Crippen LogP contribution in [0, 0.1) is 13.8 Å². The van der Waals surface area contributed by atoms with E-state index in [1.807, 2.05) is 62.4 Å². The van der Waals surface area contributed by atoms with E-state index >= 15 is 0 Å². The Morgan fingerprint density at radius 3 is 2.11 bits per heavy atom. The molecule has 0 bridgehead atoms. The fraction of sp³-hybridized carbons (Fsp3) is 0.286. The molecule has 0 aliphatic heterocycles. The SMILES string of the molecule is Cc1cccc(C)c1NC(=O)CNC(=O)CCNC(=O)Cc1ccccc1. The Morgan fingerprint density at radius 2 is 1.44 bits per heavy atom. The summed E-state index contributed by atoms with van der Waals surface area (Å²) in [4.78, 5) is 35.7. The Balaban J connectivity index is 1.65. The van der Waals surface area contributed by atoms with E-state index in [2.05, 4.69) is 16.0 Å². The van der Waals surface area contributed by atoms with Crippen LogP contribution in [0.2, 0.25) is 0 Å². The van der Waals surface area contributed by atoms with E-state index in [0.717, 1.165) is 22.4 Å². The van der Waals surface area contributed by atoms with Crippen LogP contribution in [0.1, 0.15) is 23.1 Å². The van der Waals surface area contributed by atoms with Gasteiger partial charge in [-0.1, -0.05) is 48.5 Å². The second-order valence-corrected chi connectivity index (χ2v) is 6.35. The number of aryl methyl sites for hydroxylation is 2. The first-order valence-corrected chi connectivity index (χ1v) is 8.89. The molecular weight excluding hydrogens is 342 g/mol. The lowest BCUT2D eigenvalue weighted by Gasteiger charge is -2.12. The summed E-state index contributed by atoms with van der Waals surface area (Å²) in [6.45, 7) is 3.96. The first-order chi connectivity index (χ1) is 13.0. The number of carbonyl (C=O) groups is 3. The molecule has 0 saturated heterocycles. The Hall–Kier alpha value is -3.15. The number of hydrogen-bond acceptors (Lipinski definition) is 3. The van der Waals surface area contributed by atoms with E-state index in [4.69, 9.17) is 0 Å². The maximum absolute atomic E-state index is 12.0. The van der Waals surface area contributed by atoms with Gasteiger partial charge < -0.3 is 16.0 Å². The Morgan fingerprint density at radius 1 is 0.778 bits per heavy atom. The third-order valence-corrected chi connectivity index (χ3v) is 4.07. The van der Waals surface area contributed by atoms with Gasteiger partial charge in [-0.3, -0.25) is 14.4 Å². The molecule has 0 aromatic heterocycles. The fourth-order valence-electron chi connectivity index (χ4n) is 2.62. The standard InChI is InChI=1S/C21H25N3O3/c1-15-7-6-8-16(2)21(15)24-20(27)14-23-18(25)11-12-22-19(26)13-17-9-4-3-5-10-17/h3-10H,11-14H2,1-2H3,(H,22,26)(H,23,25)(H,24,27). The lowest BCUT2D eigenvalue weighted by atomic mass is 10.1. The van der Waals surface area contributed by atoms with Gasteiger partial charge >= 0.3 is 0 Å². The molecule has 2 aromatic rings. The number of nitrogens with one attached hydrogen (secondary N) is 3. The van der Waals surface area contributed by atoms with Crippen LogP contribution in [0.15, 0.2) is 48.5 Å². The second kappa shape index (κ2) is 10.1. The van der Waals surface area contributed by atoms with Crippen LogP contribution in [-0.2, 0) is 20.8 Å². The molecule has 142 valence electrons. The van der Waals surface area contributed by atoms with Crippen LogP contribution < -0.4 is 16.0 Å². The Labute approximate surface area is 159 Å². The highest BCUT2D eigenvalue weighted by atomic mass is 16.2. The van der Waals surface area contributed by atoms with E-state index in [9.17, 15) is 14.4 Å². The normalized spacial score (nSPS) is 10.1. The second-order valence-electron chi connectivity index (χ2n) is 6.35. The van der Waals surface area contributed by atoms with Crippen LogP contribution >= 0.6 is 0 Å². The number of hydrogen-bond donors (Lipinski definition) is 3. The smallest absolute Gasteiger partial charge is 0.243 e. The predicted molar refractivity (Wildman–Crippen MR) is 105 cm³/mol. The molecule has 2 rings (SSSR count). The molecule has 0 aliphatic rings. The third-order valence-electron chi connectivity index (χ3n) is 4.07. The van der Waals surface area contributed by atoms with Crippen LogP contribution in [0.4, 0.5) is 5.69 Å². The van der Waals surface area contributed by atoms with Gasteiger partial charge in [-0.2, -0.15) is 0 Å². The van der Waals surface area contributed by atoms with Crippen molar-refractivity contribution in [2.75, 3.05) is 18.4 Å². The summed E-state index contributed by atoms with van der Waals surface area (Å²) < 4.78 is 0. The molecule has 0 fully saturated rings. The van der Waals surface area contributed by atoms with E-state index < -0.39 is 0 Å². The van der Waals surface area contributed by atoms with Gasteiger partial charge in [-0.25, -0.2) is 0 Å². The van der Waals surface area contributed by atoms with E-state index in [0.29, 0.717) is 0 Å². The number of para-hydroxylation sites is 1. The van der Waals surface area contributed by atoms with E-state index in [-0.39, 0.29) is 43.7 Å². The van der Waals surface area contributed by atoms with Gasteiger partial charge in [0, 0.05) is 18.7 Å². The number of benzene rings is 2. The van der Waals surface area contributed by atoms with Crippen LogP contribution in [0.3, 0.4) is 0 Å². The summed E-state index contributed by atoms with van der Waals surface area (Å²) in [5, 5.41) is 8.08. The van der Waals surface area contributed by atoms with Gasteiger partial charge in [0.25, 0.3) is 0 Å². The zero-order valence-corrected chi connectivity index (χ0v) is 15.7. The van der Waals surface area contributed by atoms with Crippen molar-refractivity contribution >= 4 is 23.4 Å². The molecule has 0 atom stereocenters. The van der Waals surface area contributed by atoms with Gasteiger partial charge in [0.1, 0.15) is 0 Å². The fourth-order valence-corrected chi connectivity index (χ4v) is 2.62. The molecule has 6 heteroatoms. The van der Waals surface area contributed by atoms with Crippen molar-refractivity contribution < 1.29 is 14.4 Å². The highest BCUT2D eigenvalue weighted by Crippen LogP contribution is 2.18. The number of carbonyl (C=O) groups excluding carboxylic acids is 3. The summed E-state index contributed by atoms with van der Waals surface area (Å²) in [7, 11) is 0. The molecule has 27 heavy (non-hydrogen) atoms. The first-order valence-electron chi connectivity index (χ1n) is 8.89. The quantitative estimate of drug-likeness (QED) is 0.668. The Kier molecular flexibility index (Phi) is 7.55. The zero-order chi connectivity index (χ0) is 19.6. The lowest BCUT2D eigenvalue weighted by Crippen LogP contribution is -2.35. The molecule has 0 spiro atoms. The third kappa shape index (κ3) is 6.93. The maximum atomic E-state index is 12.0. The van der Waals surface area contributed by atoms with Gasteiger partial charge in [0.2, 0.25) is 17.7 Å². The molecule has 0 unspecified atom stereocenters. The summed E-state index contributed by atoms with van der Waals surface area (Å²) in [5.74, 6) is -0.706. The van der Waals surface area contributed by atoms with Gasteiger partial charge in [-0.05, 0) is 30.5 Å². The molecule has 0 radical (unpaired) electrons. The highest BCUT2D eigenvalue weighted by molar-refractivity contribution is 5.95. The van der Waals surface area contributed by atoms with Crippen molar-refractivity contribution in [1.82, 2.24) is 10.6 Å². The maximum Gasteiger partial charge on any atom is 0.243 e. The van der Waals surface area contributed by atoms with Crippen molar-refractivity contribution in [2.24, 2.45) is 0 Å². The van der Waals surface area contributed by atoms with Crippen molar-refractivity contribution in [1.29, 1.82) is 0 Å². The van der Waals surface area contributed by atoms with Gasteiger partial charge in [-0.15, -0.1) is 0 Å². The topological polar surface area (TPSA) is 87.3 Å². The summed E-state index contributed by atoms with van der Waals surface area (Å²) in [6, 6.07) is 15.1. The number of rotatable bonds is 8. The molecule has 0 saturated carbocycles. The molecular formula is C21H25N3O3. The average Bonchev–Trinajstić information content (AvgIpc) is 2.64. The minimum Gasteiger partial charge on any atom is -0.355 e. The molecule has 2 aromatic carbocycles. The van der Waals surface area contributed by atoms with Crippen LogP contribution in [0.5, 0.6) is 0 Å². The van der Waals surface area contributed by atoms with Crippen molar-refractivity contribution in [3.05, 3.63) is 65.2 Å². The molecule has 6 nitrogen and oxygen atoms in total. The monoisotopic (exact) mass is 367 g/mol. The van der Waals surface area contributed by atoms with Gasteiger partial charge in [0.05, 0.1) is 13.0 Å². The van der Waals surface area contributed by atoms with Crippen molar-refractivity contribution in [2.45, 2.75) is 26.7 Å². The minimum absolute atomic E-state index is 0.107.